The van der Waals surface area contributed by atoms with Crippen LogP contribution in [0.3, 0.4) is 0 Å². The molecular formula is C15H16FNO. The number of ether oxygens (including phenoxy) is 1. The molecule has 0 radical (unpaired) electrons. The molecule has 0 saturated carbocycles. The molecule has 0 aliphatic carbocycles. The van der Waals surface area contributed by atoms with Crippen molar-refractivity contribution in [2.75, 3.05) is 6.54 Å². The van der Waals surface area contributed by atoms with E-state index < -0.39 is 0 Å². The molecule has 18 heavy (non-hydrogen) atoms. The third-order valence-electron chi connectivity index (χ3n) is 2.74. The van der Waals surface area contributed by atoms with E-state index in [0.29, 0.717) is 23.6 Å². The number of nitrogens with two attached hydrogens (primary N) is 1. The largest absolute Gasteiger partial charge is 0.457 e. The molecule has 94 valence electrons. The monoisotopic (exact) mass is 245 g/mol. The van der Waals surface area contributed by atoms with Crippen molar-refractivity contribution in [2.45, 2.75) is 13.3 Å². The van der Waals surface area contributed by atoms with Gasteiger partial charge >= 0.3 is 0 Å². The predicted octanol–water partition coefficient (Wildman–Crippen LogP) is 3.43. The Morgan fingerprint density at radius 3 is 2.33 bits per heavy atom. The first kappa shape index (κ1) is 12.6. The molecule has 0 aromatic heterocycles. The van der Waals surface area contributed by atoms with Crippen molar-refractivity contribution in [3.8, 4) is 11.5 Å². The second-order valence-corrected chi connectivity index (χ2v) is 4.20. The summed E-state index contributed by atoms with van der Waals surface area (Å²) in [7, 11) is 0. The van der Waals surface area contributed by atoms with Crippen LogP contribution >= 0.6 is 0 Å². The summed E-state index contributed by atoms with van der Waals surface area (Å²) in [4.78, 5) is 0. The van der Waals surface area contributed by atoms with Gasteiger partial charge in [0.1, 0.15) is 17.3 Å². The van der Waals surface area contributed by atoms with E-state index in [-0.39, 0.29) is 5.82 Å². The van der Waals surface area contributed by atoms with Gasteiger partial charge in [-0.2, -0.15) is 0 Å². The first-order valence-electron chi connectivity index (χ1n) is 5.92. The molecule has 0 spiro atoms. The van der Waals surface area contributed by atoms with Gasteiger partial charge in [0.2, 0.25) is 0 Å². The van der Waals surface area contributed by atoms with Gasteiger partial charge in [-0.1, -0.05) is 18.2 Å². The minimum atomic E-state index is -0.257. The molecule has 2 rings (SSSR count). The second-order valence-electron chi connectivity index (χ2n) is 4.20. The molecule has 0 bridgehead atoms. The van der Waals surface area contributed by atoms with Crippen molar-refractivity contribution in [3.63, 3.8) is 0 Å². The fourth-order valence-electron chi connectivity index (χ4n) is 1.66. The Morgan fingerprint density at radius 2 is 1.72 bits per heavy atom. The van der Waals surface area contributed by atoms with Crippen LogP contribution in [-0.2, 0) is 6.42 Å². The molecule has 0 atom stereocenters. The lowest BCUT2D eigenvalue weighted by atomic mass is 10.1. The maximum atomic E-state index is 13.4. The zero-order chi connectivity index (χ0) is 13.0. The number of halogens is 1. The first-order valence-corrected chi connectivity index (χ1v) is 5.92. The summed E-state index contributed by atoms with van der Waals surface area (Å²) < 4.78 is 18.9. The molecular weight excluding hydrogens is 229 g/mol. The molecule has 2 N–H and O–H groups in total. The lowest BCUT2D eigenvalue weighted by molar-refractivity contribution is 0.476. The summed E-state index contributed by atoms with van der Waals surface area (Å²) in [6.45, 7) is 2.35. The normalized spacial score (nSPS) is 10.4. The zero-order valence-corrected chi connectivity index (χ0v) is 10.3. The van der Waals surface area contributed by atoms with E-state index in [1.54, 1.807) is 19.1 Å². The minimum Gasteiger partial charge on any atom is -0.457 e. The molecule has 0 unspecified atom stereocenters. The van der Waals surface area contributed by atoms with Crippen molar-refractivity contribution in [1.82, 2.24) is 0 Å². The highest BCUT2D eigenvalue weighted by Crippen LogP contribution is 2.23. The average Bonchev–Trinajstić information content (AvgIpc) is 2.37. The van der Waals surface area contributed by atoms with E-state index in [2.05, 4.69) is 0 Å². The van der Waals surface area contributed by atoms with Crippen LogP contribution in [0.4, 0.5) is 4.39 Å². The van der Waals surface area contributed by atoms with Crippen LogP contribution in [-0.4, -0.2) is 6.54 Å². The van der Waals surface area contributed by atoms with Gasteiger partial charge in [0.15, 0.2) is 0 Å². The lowest BCUT2D eigenvalue weighted by Gasteiger charge is -2.07. The van der Waals surface area contributed by atoms with E-state index in [1.165, 1.54) is 11.6 Å². The molecule has 0 fully saturated rings. The number of hydrogen-bond acceptors (Lipinski definition) is 2. The number of hydrogen-bond donors (Lipinski definition) is 1. The Bertz CT molecular complexity index is 523. The summed E-state index contributed by atoms with van der Waals surface area (Å²) in [5.41, 5.74) is 7.26. The van der Waals surface area contributed by atoms with E-state index in [9.17, 15) is 4.39 Å². The Kier molecular flexibility index (Phi) is 3.95. The Morgan fingerprint density at radius 1 is 1.06 bits per heavy atom. The van der Waals surface area contributed by atoms with Crippen molar-refractivity contribution >= 4 is 0 Å². The van der Waals surface area contributed by atoms with Gasteiger partial charge in [-0.05, 0) is 49.2 Å². The van der Waals surface area contributed by atoms with E-state index in [4.69, 9.17) is 10.5 Å². The zero-order valence-electron chi connectivity index (χ0n) is 10.3. The topological polar surface area (TPSA) is 35.2 Å². The molecule has 0 saturated heterocycles. The lowest BCUT2D eigenvalue weighted by Crippen LogP contribution is -2.02. The van der Waals surface area contributed by atoms with E-state index in [1.807, 2.05) is 24.3 Å². The number of benzene rings is 2. The minimum absolute atomic E-state index is 0.257. The van der Waals surface area contributed by atoms with Crippen LogP contribution in [0.1, 0.15) is 11.1 Å². The first-order chi connectivity index (χ1) is 8.69. The SMILES string of the molecule is Cc1ccc(Oc2ccc(CCN)cc2)cc1F. The van der Waals surface area contributed by atoms with Gasteiger partial charge in [-0.3, -0.25) is 0 Å². The third kappa shape index (κ3) is 3.08. The summed E-state index contributed by atoms with van der Waals surface area (Å²) in [5, 5.41) is 0. The Hall–Kier alpha value is -1.87. The van der Waals surface area contributed by atoms with Gasteiger partial charge in [-0.25, -0.2) is 4.39 Å². The number of aryl methyl sites for hydroxylation is 1. The molecule has 0 heterocycles. The third-order valence-corrected chi connectivity index (χ3v) is 2.74. The summed E-state index contributed by atoms with van der Waals surface area (Å²) in [6.07, 6.45) is 0.847. The van der Waals surface area contributed by atoms with Crippen molar-refractivity contribution in [3.05, 3.63) is 59.4 Å². The van der Waals surface area contributed by atoms with Crippen molar-refractivity contribution in [2.24, 2.45) is 5.73 Å². The van der Waals surface area contributed by atoms with E-state index in [0.717, 1.165) is 6.42 Å². The molecule has 0 aliphatic rings. The molecule has 2 nitrogen and oxygen atoms in total. The molecule has 2 aromatic rings. The van der Waals surface area contributed by atoms with Gasteiger partial charge in [0.25, 0.3) is 0 Å². The fraction of sp³-hybridized carbons (Fsp3) is 0.200. The smallest absolute Gasteiger partial charge is 0.130 e. The Balaban J connectivity index is 2.10. The quantitative estimate of drug-likeness (QED) is 0.895. The molecule has 3 heteroatoms. The van der Waals surface area contributed by atoms with Crippen LogP contribution in [0, 0.1) is 12.7 Å². The summed E-state index contributed by atoms with van der Waals surface area (Å²) in [5.74, 6) is 0.941. The Labute approximate surface area is 106 Å². The van der Waals surface area contributed by atoms with Crippen LogP contribution < -0.4 is 10.5 Å². The van der Waals surface area contributed by atoms with Gasteiger partial charge < -0.3 is 10.5 Å². The standard InChI is InChI=1S/C15H16FNO/c1-11-2-5-14(10-15(11)16)18-13-6-3-12(4-7-13)8-9-17/h2-7,10H,8-9,17H2,1H3. The molecule has 2 aromatic carbocycles. The highest BCUT2D eigenvalue weighted by Gasteiger charge is 2.02. The highest BCUT2D eigenvalue weighted by molar-refractivity contribution is 5.35. The van der Waals surface area contributed by atoms with E-state index >= 15 is 0 Å². The fourth-order valence-corrected chi connectivity index (χ4v) is 1.66. The van der Waals surface area contributed by atoms with Gasteiger partial charge in [0, 0.05) is 6.07 Å². The molecule has 0 amide bonds. The van der Waals surface area contributed by atoms with Crippen LogP contribution in [0.5, 0.6) is 11.5 Å². The average molecular weight is 245 g/mol. The van der Waals surface area contributed by atoms with Crippen LogP contribution in [0.25, 0.3) is 0 Å². The highest BCUT2D eigenvalue weighted by atomic mass is 19.1. The predicted molar refractivity (Wildman–Crippen MR) is 70.4 cm³/mol. The maximum Gasteiger partial charge on any atom is 0.130 e. The summed E-state index contributed by atoms with van der Waals surface area (Å²) in [6, 6.07) is 12.5. The van der Waals surface area contributed by atoms with Gasteiger partial charge in [0.05, 0.1) is 0 Å². The maximum absolute atomic E-state index is 13.4. The van der Waals surface area contributed by atoms with Gasteiger partial charge in [-0.15, -0.1) is 0 Å². The molecule has 0 aliphatic heterocycles. The van der Waals surface area contributed by atoms with Crippen molar-refractivity contribution in [1.29, 1.82) is 0 Å². The summed E-state index contributed by atoms with van der Waals surface area (Å²) >= 11 is 0. The van der Waals surface area contributed by atoms with Crippen LogP contribution in [0.15, 0.2) is 42.5 Å². The number of rotatable bonds is 4. The van der Waals surface area contributed by atoms with Crippen molar-refractivity contribution < 1.29 is 9.13 Å². The van der Waals surface area contributed by atoms with Crippen LogP contribution in [0.2, 0.25) is 0 Å². The second kappa shape index (κ2) is 5.65.